The van der Waals surface area contributed by atoms with Crippen LogP contribution in [-0.4, -0.2) is 60.0 Å². The summed E-state index contributed by atoms with van der Waals surface area (Å²) in [6.07, 6.45) is -8.75. The predicted molar refractivity (Wildman–Crippen MR) is 124 cm³/mol. The molecule has 12 heteroatoms. The SMILES string of the molecule is CN(C)CCOc1ncc(C(=O)N(C)Cc2cc(C(F)(F)F)cc(C(F)(F)F)c2)c(-c2ccccc2)n1. The summed E-state index contributed by atoms with van der Waals surface area (Å²) in [5, 5.41) is 0. The number of benzene rings is 2. The van der Waals surface area contributed by atoms with Crippen molar-refractivity contribution in [3.63, 3.8) is 0 Å². The Kier molecular flexibility index (Phi) is 8.42. The molecule has 0 radical (unpaired) electrons. The van der Waals surface area contributed by atoms with Crippen LogP contribution in [0.2, 0.25) is 0 Å². The molecule has 3 aromatic rings. The zero-order valence-corrected chi connectivity index (χ0v) is 20.2. The number of nitrogens with zero attached hydrogens (tertiary/aromatic N) is 4. The number of ether oxygens (including phenoxy) is 1. The highest BCUT2D eigenvalue weighted by molar-refractivity contribution is 5.99. The maximum absolute atomic E-state index is 13.3. The molecule has 0 unspecified atom stereocenters. The van der Waals surface area contributed by atoms with Crippen LogP contribution in [0.1, 0.15) is 27.0 Å². The van der Waals surface area contributed by atoms with E-state index in [1.165, 1.54) is 13.2 Å². The van der Waals surface area contributed by atoms with E-state index in [9.17, 15) is 31.1 Å². The molecule has 0 saturated carbocycles. The quantitative estimate of drug-likeness (QED) is 0.369. The topological polar surface area (TPSA) is 58.6 Å². The second-order valence-electron chi connectivity index (χ2n) is 8.51. The van der Waals surface area contributed by atoms with E-state index >= 15 is 0 Å². The zero-order chi connectivity index (χ0) is 27.4. The summed E-state index contributed by atoms with van der Waals surface area (Å²) in [7, 11) is 4.99. The van der Waals surface area contributed by atoms with E-state index in [4.69, 9.17) is 4.74 Å². The van der Waals surface area contributed by atoms with E-state index < -0.39 is 35.9 Å². The van der Waals surface area contributed by atoms with Crippen LogP contribution in [0, 0.1) is 0 Å². The molecule has 2 aromatic carbocycles. The van der Waals surface area contributed by atoms with Crippen molar-refractivity contribution in [1.82, 2.24) is 19.8 Å². The van der Waals surface area contributed by atoms with Crippen LogP contribution in [0.5, 0.6) is 6.01 Å². The molecule has 1 heterocycles. The molecular formula is C25H24F6N4O2. The van der Waals surface area contributed by atoms with Crippen molar-refractivity contribution < 1.29 is 35.9 Å². The van der Waals surface area contributed by atoms with E-state index in [0.29, 0.717) is 24.2 Å². The predicted octanol–water partition coefficient (Wildman–Crippen LogP) is 5.39. The van der Waals surface area contributed by atoms with Gasteiger partial charge >= 0.3 is 18.4 Å². The highest BCUT2D eigenvalue weighted by atomic mass is 19.4. The van der Waals surface area contributed by atoms with Crippen LogP contribution < -0.4 is 4.74 Å². The van der Waals surface area contributed by atoms with Crippen LogP contribution in [0.15, 0.2) is 54.7 Å². The molecule has 0 N–H and O–H groups in total. The van der Waals surface area contributed by atoms with E-state index in [1.54, 1.807) is 30.3 Å². The Bertz CT molecular complexity index is 1200. The molecule has 3 rings (SSSR count). The summed E-state index contributed by atoms with van der Waals surface area (Å²) < 4.78 is 84.9. The van der Waals surface area contributed by atoms with Gasteiger partial charge in [-0.05, 0) is 37.9 Å². The normalized spacial score (nSPS) is 12.1. The van der Waals surface area contributed by atoms with Gasteiger partial charge in [0.15, 0.2) is 0 Å². The van der Waals surface area contributed by atoms with Gasteiger partial charge in [-0.1, -0.05) is 30.3 Å². The molecule has 0 aliphatic heterocycles. The van der Waals surface area contributed by atoms with Gasteiger partial charge in [-0.15, -0.1) is 0 Å². The van der Waals surface area contributed by atoms with Crippen LogP contribution in [0.25, 0.3) is 11.3 Å². The van der Waals surface area contributed by atoms with Gasteiger partial charge in [-0.3, -0.25) is 4.79 Å². The number of hydrogen-bond acceptors (Lipinski definition) is 5. The van der Waals surface area contributed by atoms with Gasteiger partial charge in [0.05, 0.1) is 22.4 Å². The Hall–Kier alpha value is -3.67. The molecule has 37 heavy (non-hydrogen) atoms. The lowest BCUT2D eigenvalue weighted by molar-refractivity contribution is -0.143. The molecule has 0 aliphatic carbocycles. The summed E-state index contributed by atoms with van der Waals surface area (Å²) in [5.41, 5.74) is -2.46. The average Bonchev–Trinajstić information content (AvgIpc) is 2.82. The number of aromatic nitrogens is 2. The van der Waals surface area contributed by atoms with Crippen molar-refractivity contribution >= 4 is 5.91 Å². The largest absolute Gasteiger partial charge is 0.462 e. The second kappa shape index (κ2) is 11.2. The maximum atomic E-state index is 13.3. The summed E-state index contributed by atoms with van der Waals surface area (Å²) in [5.74, 6) is -0.690. The van der Waals surface area contributed by atoms with E-state index in [1.807, 2.05) is 19.0 Å². The highest BCUT2D eigenvalue weighted by Gasteiger charge is 2.37. The van der Waals surface area contributed by atoms with Crippen molar-refractivity contribution in [2.24, 2.45) is 0 Å². The first kappa shape index (κ1) is 27.9. The number of alkyl halides is 6. The fraction of sp³-hybridized carbons (Fsp3) is 0.320. The summed E-state index contributed by atoms with van der Waals surface area (Å²) in [6, 6.07) is 9.86. The van der Waals surface area contributed by atoms with Crippen molar-refractivity contribution in [1.29, 1.82) is 0 Å². The first-order valence-electron chi connectivity index (χ1n) is 11.0. The van der Waals surface area contributed by atoms with Gasteiger partial charge in [0.1, 0.15) is 6.61 Å². The number of halogens is 6. The van der Waals surface area contributed by atoms with E-state index in [-0.39, 0.29) is 35.5 Å². The Balaban J connectivity index is 1.94. The maximum Gasteiger partial charge on any atom is 0.416 e. The van der Waals surface area contributed by atoms with Crippen LogP contribution in [0.4, 0.5) is 26.3 Å². The Morgan fingerprint density at radius 1 is 0.919 bits per heavy atom. The molecule has 0 aliphatic rings. The molecular weight excluding hydrogens is 502 g/mol. The van der Waals surface area contributed by atoms with Crippen molar-refractivity contribution in [2.75, 3.05) is 34.3 Å². The third kappa shape index (κ3) is 7.42. The molecule has 0 atom stereocenters. The number of carbonyl (C=O) groups excluding carboxylic acids is 1. The van der Waals surface area contributed by atoms with Crippen LogP contribution in [0.3, 0.4) is 0 Å². The van der Waals surface area contributed by atoms with Crippen molar-refractivity contribution in [3.8, 4) is 17.3 Å². The van der Waals surface area contributed by atoms with Crippen LogP contribution >= 0.6 is 0 Å². The number of rotatable bonds is 8. The van der Waals surface area contributed by atoms with Crippen molar-refractivity contribution in [3.05, 3.63) is 77.0 Å². The summed E-state index contributed by atoms with van der Waals surface area (Å²) in [4.78, 5) is 24.6. The Morgan fingerprint density at radius 3 is 2.05 bits per heavy atom. The fourth-order valence-corrected chi connectivity index (χ4v) is 3.39. The standard InChI is InChI=1S/C25H24F6N4O2/c1-34(2)9-10-37-23-32-14-20(21(33-23)17-7-5-4-6-8-17)22(36)35(3)15-16-11-18(24(26,27)28)13-19(12-16)25(29,30)31/h4-8,11-14H,9-10,15H2,1-3H3. The number of likely N-dealkylation sites (N-methyl/N-ethyl adjacent to an activating group) is 1. The van der Waals surface area contributed by atoms with E-state index in [2.05, 4.69) is 9.97 Å². The number of amides is 1. The minimum absolute atomic E-state index is 0.0108. The van der Waals surface area contributed by atoms with Gasteiger partial charge in [0.2, 0.25) is 0 Å². The Labute approximate surface area is 209 Å². The highest BCUT2D eigenvalue weighted by Crippen LogP contribution is 2.36. The summed E-state index contributed by atoms with van der Waals surface area (Å²) >= 11 is 0. The smallest absolute Gasteiger partial charge is 0.416 e. The third-order valence-corrected chi connectivity index (χ3v) is 5.23. The van der Waals surface area contributed by atoms with Crippen molar-refractivity contribution in [2.45, 2.75) is 18.9 Å². The lowest BCUT2D eigenvalue weighted by atomic mass is 10.0. The average molecular weight is 526 g/mol. The monoisotopic (exact) mass is 526 g/mol. The molecule has 0 spiro atoms. The molecule has 6 nitrogen and oxygen atoms in total. The first-order valence-corrected chi connectivity index (χ1v) is 11.0. The summed E-state index contributed by atoms with van der Waals surface area (Å²) in [6.45, 7) is 0.358. The zero-order valence-electron chi connectivity index (χ0n) is 20.2. The second-order valence-corrected chi connectivity index (χ2v) is 8.51. The lowest BCUT2D eigenvalue weighted by Gasteiger charge is -2.21. The van der Waals surface area contributed by atoms with Gasteiger partial charge in [0.25, 0.3) is 5.91 Å². The van der Waals surface area contributed by atoms with E-state index in [0.717, 1.165) is 4.90 Å². The number of hydrogen-bond donors (Lipinski definition) is 0. The minimum atomic E-state index is -4.99. The van der Waals surface area contributed by atoms with Gasteiger partial charge in [-0.25, -0.2) is 4.98 Å². The van der Waals surface area contributed by atoms with Gasteiger partial charge < -0.3 is 14.5 Å². The minimum Gasteiger partial charge on any atom is -0.462 e. The molecule has 1 aromatic heterocycles. The first-order chi connectivity index (χ1) is 17.3. The number of carbonyl (C=O) groups is 1. The molecule has 0 bridgehead atoms. The molecule has 198 valence electrons. The molecule has 0 fully saturated rings. The third-order valence-electron chi connectivity index (χ3n) is 5.23. The molecule has 0 saturated heterocycles. The van der Waals surface area contributed by atoms with Crippen LogP contribution in [-0.2, 0) is 18.9 Å². The Morgan fingerprint density at radius 2 is 1.51 bits per heavy atom. The van der Waals surface area contributed by atoms with Gasteiger partial charge in [-0.2, -0.15) is 31.3 Å². The lowest BCUT2D eigenvalue weighted by Crippen LogP contribution is -2.28. The van der Waals surface area contributed by atoms with Gasteiger partial charge in [0, 0.05) is 31.9 Å². The molecule has 1 amide bonds. The fourth-order valence-electron chi connectivity index (χ4n) is 3.39.